The average Bonchev–Trinajstić information content (AvgIpc) is 3.42. The molecule has 35 heavy (non-hydrogen) atoms. The van der Waals surface area contributed by atoms with Crippen LogP contribution in [0.15, 0.2) is 42.5 Å². The molecule has 0 unspecified atom stereocenters. The van der Waals surface area contributed by atoms with E-state index >= 15 is 0 Å². The van der Waals surface area contributed by atoms with E-state index in [1.807, 2.05) is 43.3 Å². The number of fused-ring (bicyclic) bond motifs is 1. The summed E-state index contributed by atoms with van der Waals surface area (Å²) < 4.78 is 16.1. The molecule has 3 heterocycles. The van der Waals surface area contributed by atoms with Crippen molar-refractivity contribution in [3.05, 3.63) is 53.6 Å². The molecule has 3 aliphatic heterocycles. The number of nitrogens with one attached hydrogen (secondary N) is 1. The number of piperazine rings is 1. The molecule has 2 aromatic carbocycles. The second kappa shape index (κ2) is 9.75. The molecular weight excluding hydrogens is 448 g/mol. The molecule has 2 saturated heterocycles. The van der Waals surface area contributed by atoms with E-state index in [2.05, 4.69) is 21.2 Å². The van der Waals surface area contributed by atoms with Crippen molar-refractivity contribution in [3.63, 3.8) is 0 Å². The summed E-state index contributed by atoms with van der Waals surface area (Å²) in [6.07, 6.45) is 1.24. The lowest BCUT2D eigenvalue weighted by Crippen LogP contribution is -2.51. The number of rotatable bonds is 8. The predicted molar refractivity (Wildman–Crippen MR) is 129 cm³/mol. The highest BCUT2D eigenvalue weighted by molar-refractivity contribution is 6.06. The van der Waals surface area contributed by atoms with Gasteiger partial charge in [-0.1, -0.05) is 18.2 Å². The monoisotopic (exact) mass is 480 g/mol. The van der Waals surface area contributed by atoms with Crippen molar-refractivity contribution in [2.45, 2.75) is 31.8 Å². The minimum atomic E-state index is -0.891. The molecule has 9 nitrogen and oxygen atoms in total. The van der Waals surface area contributed by atoms with Crippen molar-refractivity contribution >= 4 is 11.9 Å². The Morgan fingerprint density at radius 1 is 0.943 bits per heavy atom. The molecule has 0 aromatic heterocycles. The fourth-order valence-corrected chi connectivity index (χ4v) is 4.82. The van der Waals surface area contributed by atoms with E-state index < -0.39 is 5.54 Å². The summed E-state index contributed by atoms with van der Waals surface area (Å²) in [6.45, 7) is 6.58. The quantitative estimate of drug-likeness (QED) is 0.581. The standard InChI is InChI=1S/C26H32N4O5/c1-26(10-9-19-3-6-21(33-2)7-4-19)24(31)30(25(32)27-26)17-29-13-11-28(12-14-29)16-20-5-8-22-23(15-20)35-18-34-22/h3-8,15H,9-14,16-18H2,1-2H3,(H,27,32)/t26-/m0/s1. The second-order valence-electron chi connectivity index (χ2n) is 9.57. The summed E-state index contributed by atoms with van der Waals surface area (Å²) in [7, 11) is 1.64. The predicted octanol–water partition coefficient (Wildman–Crippen LogP) is 2.44. The minimum Gasteiger partial charge on any atom is -0.497 e. The SMILES string of the molecule is COc1ccc(CC[C@]2(C)NC(=O)N(CN3CCN(Cc4ccc5c(c4)OCO5)CC3)C2=O)cc1. The number of hydrogen-bond acceptors (Lipinski definition) is 7. The number of ether oxygens (including phenoxy) is 3. The number of amides is 3. The van der Waals surface area contributed by atoms with Crippen LogP contribution in [0.4, 0.5) is 4.79 Å². The highest BCUT2D eigenvalue weighted by Crippen LogP contribution is 2.33. The van der Waals surface area contributed by atoms with E-state index in [0.717, 1.165) is 55.5 Å². The molecule has 9 heteroatoms. The first-order chi connectivity index (χ1) is 16.9. The Morgan fingerprint density at radius 3 is 2.37 bits per heavy atom. The van der Waals surface area contributed by atoms with Gasteiger partial charge in [0.25, 0.3) is 5.91 Å². The van der Waals surface area contributed by atoms with Gasteiger partial charge in [-0.3, -0.25) is 14.6 Å². The van der Waals surface area contributed by atoms with Gasteiger partial charge in [0, 0.05) is 32.7 Å². The maximum Gasteiger partial charge on any atom is 0.326 e. The Balaban J connectivity index is 1.11. The number of nitrogens with zero attached hydrogens (tertiary/aromatic N) is 3. The maximum absolute atomic E-state index is 13.2. The largest absolute Gasteiger partial charge is 0.497 e. The van der Waals surface area contributed by atoms with Crippen molar-refractivity contribution in [1.82, 2.24) is 20.0 Å². The van der Waals surface area contributed by atoms with Gasteiger partial charge in [-0.05, 0) is 55.2 Å². The Hall–Kier alpha value is -3.30. The number of aryl methyl sites for hydroxylation is 1. The first-order valence-electron chi connectivity index (χ1n) is 12.0. The molecule has 0 bridgehead atoms. The summed E-state index contributed by atoms with van der Waals surface area (Å²) in [6, 6.07) is 13.5. The van der Waals surface area contributed by atoms with Gasteiger partial charge in [-0.15, -0.1) is 0 Å². The van der Waals surface area contributed by atoms with Crippen LogP contribution in [0.25, 0.3) is 0 Å². The van der Waals surface area contributed by atoms with Gasteiger partial charge in [-0.25, -0.2) is 9.69 Å². The van der Waals surface area contributed by atoms with E-state index in [9.17, 15) is 9.59 Å². The van der Waals surface area contributed by atoms with Crippen LogP contribution in [0.5, 0.6) is 17.2 Å². The molecule has 0 radical (unpaired) electrons. The third-order valence-corrected chi connectivity index (χ3v) is 7.07. The lowest BCUT2D eigenvalue weighted by Gasteiger charge is -2.36. The van der Waals surface area contributed by atoms with Crippen molar-refractivity contribution < 1.29 is 23.8 Å². The van der Waals surface area contributed by atoms with Gasteiger partial charge in [0.15, 0.2) is 11.5 Å². The van der Waals surface area contributed by atoms with Gasteiger partial charge in [0.1, 0.15) is 11.3 Å². The Bertz CT molecular complexity index is 1080. The molecule has 0 spiro atoms. The lowest BCUT2D eigenvalue weighted by atomic mass is 9.93. The zero-order valence-corrected chi connectivity index (χ0v) is 20.3. The van der Waals surface area contributed by atoms with Crippen LogP contribution in [0.2, 0.25) is 0 Å². The molecule has 3 aliphatic rings. The third kappa shape index (κ3) is 5.06. The van der Waals surface area contributed by atoms with Gasteiger partial charge < -0.3 is 19.5 Å². The van der Waals surface area contributed by atoms with Gasteiger partial charge >= 0.3 is 6.03 Å². The van der Waals surface area contributed by atoms with Gasteiger partial charge in [-0.2, -0.15) is 0 Å². The number of methoxy groups -OCH3 is 1. The van der Waals surface area contributed by atoms with Crippen LogP contribution < -0.4 is 19.5 Å². The van der Waals surface area contributed by atoms with Crippen molar-refractivity contribution in [1.29, 1.82) is 0 Å². The highest BCUT2D eigenvalue weighted by Gasteiger charge is 2.47. The van der Waals surface area contributed by atoms with Crippen LogP contribution in [-0.2, 0) is 17.8 Å². The van der Waals surface area contributed by atoms with Crippen LogP contribution in [0.1, 0.15) is 24.5 Å². The number of benzene rings is 2. The molecule has 1 N–H and O–H groups in total. The van der Waals surface area contributed by atoms with Crippen LogP contribution >= 0.6 is 0 Å². The molecule has 5 rings (SSSR count). The van der Waals surface area contributed by atoms with E-state index in [1.165, 1.54) is 10.5 Å². The lowest BCUT2D eigenvalue weighted by molar-refractivity contribution is -0.132. The second-order valence-corrected chi connectivity index (χ2v) is 9.57. The molecule has 0 saturated carbocycles. The topological polar surface area (TPSA) is 83.6 Å². The molecular formula is C26H32N4O5. The van der Waals surface area contributed by atoms with Crippen LogP contribution in [0, 0.1) is 0 Å². The zero-order chi connectivity index (χ0) is 24.4. The number of hydrogen-bond donors (Lipinski definition) is 1. The number of imide groups is 1. The Labute approximate surface area is 205 Å². The fourth-order valence-electron chi connectivity index (χ4n) is 4.82. The zero-order valence-electron chi connectivity index (χ0n) is 20.3. The summed E-state index contributed by atoms with van der Waals surface area (Å²) in [4.78, 5) is 31.8. The third-order valence-electron chi connectivity index (χ3n) is 7.07. The van der Waals surface area contributed by atoms with Gasteiger partial charge in [0.2, 0.25) is 6.79 Å². The molecule has 186 valence electrons. The maximum atomic E-state index is 13.2. The van der Waals surface area contributed by atoms with Gasteiger partial charge in [0.05, 0.1) is 13.8 Å². The Kier molecular flexibility index (Phi) is 6.53. The highest BCUT2D eigenvalue weighted by atomic mass is 16.7. The normalized spacial score (nSPS) is 22.5. The summed E-state index contributed by atoms with van der Waals surface area (Å²) >= 11 is 0. The molecule has 3 amide bonds. The number of urea groups is 1. The van der Waals surface area contributed by atoms with E-state index in [0.29, 0.717) is 19.5 Å². The van der Waals surface area contributed by atoms with Crippen molar-refractivity contribution in [2.24, 2.45) is 0 Å². The van der Waals surface area contributed by atoms with E-state index in [4.69, 9.17) is 14.2 Å². The fraction of sp³-hybridized carbons (Fsp3) is 0.462. The van der Waals surface area contributed by atoms with Crippen molar-refractivity contribution in [3.8, 4) is 17.2 Å². The summed E-state index contributed by atoms with van der Waals surface area (Å²) in [5.74, 6) is 2.24. The molecule has 0 aliphatic carbocycles. The van der Waals surface area contributed by atoms with Crippen LogP contribution in [-0.4, -0.2) is 78.9 Å². The molecule has 2 aromatic rings. The smallest absolute Gasteiger partial charge is 0.326 e. The summed E-state index contributed by atoms with van der Waals surface area (Å²) in [5, 5.41) is 2.93. The minimum absolute atomic E-state index is 0.154. The average molecular weight is 481 g/mol. The summed E-state index contributed by atoms with van der Waals surface area (Å²) in [5.41, 5.74) is 1.40. The van der Waals surface area contributed by atoms with E-state index in [-0.39, 0.29) is 18.7 Å². The number of carbonyl (C=O) groups is 2. The van der Waals surface area contributed by atoms with Crippen molar-refractivity contribution in [2.75, 3.05) is 46.8 Å². The Morgan fingerprint density at radius 2 is 1.63 bits per heavy atom. The first-order valence-corrected chi connectivity index (χ1v) is 12.0. The first kappa shape index (κ1) is 23.4. The molecule has 2 fully saturated rings. The van der Waals surface area contributed by atoms with E-state index in [1.54, 1.807) is 7.11 Å². The molecule has 1 atom stereocenters. The number of carbonyl (C=O) groups excluding carboxylic acids is 2. The van der Waals surface area contributed by atoms with Crippen LogP contribution in [0.3, 0.4) is 0 Å².